The molecular formula is C20H18FN3O3S. The molecule has 0 atom stereocenters. The number of amides is 2. The summed E-state index contributed by atoms with van der Waals surface area (Å²) in [6.07, 6.45) is 0. The number of hydrogen-bond acceptors (Lipinski definition) is 3. The Labute approximate surface area is 162 Å². The Bertz CT molecular complexity index is 1100. The summed E-state index contributed by atoms with van der Waals surface area (Å²) in [5.41, 5.74) is 1.60. The maximum Gasteiger partial charge on any atom is 0.323 e. The fourth-order valence-electron chi connectivity index (χ4n) is 2.60. The second kappa shape index (κ2) is 8.10. The number of sulfonamides is 1. The molecule has 3 rings (SSSR count). The fraction of sp³-hybridized carbons (Fsp3) is 0.0500. The van der Waals surface area contributed by atoms with Crippen LogP contribution in [-0.4, -0.2) is 14.4 Å². The molecule has 0 fully saturated rings. The molecule has 0 aliphatic heterocycles. The van der Waals surface area contributed by atoms with Gasteiger partial charge in [-0.15, -0.1) is 0 Å². The van der Waals surface area contributed by atoms with Crippen molar-refractivity contribution in [3.8, 4) is 0 Å². The highest BCUT2D eigenvalue weighted by molar-refractivity contribution is 7.92. The number of urea groups is 1. The lowest BCUT2D eigenvalue weighted by atomic mass is 10.2. The Balaban J connectivity index is 1.73. The van der Waals surface area contributed by atoms with Gasteiger partial charge in [-0.25, -0.2) is 17.6 Å². The van der Waals surface area contributed by atoms with E-state index in [2.05, 4.69) is 15.4 Å². The average molecular weight is 399 g/mol. The van der Waals surface area contributed by atoms with E-state index in [1.807, 2.05) is 6.07 Å². The molecule has 3 aromatic carbocycles. The SMILES string of the molecule is Cc1cc(F)ccc1S(=O)(=O)Nc1cccc(NC(=O)Nc2ccccc2)c1. The first kappa shape index (κ1) is 19.4. The average Bonchev–Trinajstić information content (AvgIpc) is 2.62. The summed E-state index contributed by atoms with van der Waals surface area (Å²) in [5.74, 6) is -0.507. The Morgan fingerprint density at radius 1 is 0.821 bits per heavy atom. The predicted molar refractivity (Wildman–Crippen MR) is 107 cm³/mol. The molecule has 0 aliphatic carbocycles. The van der Waals surface area contributed by atoms with Crippen molar-refractivity contribution in [2.75, 3.05) is 15.4 Å². The topological polar surface area (TPSA) is 87.3 Å². The molecule has 28 heavy (non-hydrogen) atoms. The molecule has 3 aromatic rings. The van der Waals surface area contributed by atoms with Crippen molar-refractivity contribution in [2.45, 2.75) is 11.8 Å². The summed E-state index contributed by atoms with van der Waals surface area (Å²) in [4.78, 5) is 12.1. The van der Waals surface area contributed by atoms with Crippen molar-refractivity contribution in [3.05, 3.63) is 84.2 Å². The van der Waals surface area contributed by atoms with Crippen LogP contribution in [0.1, 0.15) is 5.56 Å². The van der Waals surface area contributed by atoms with Crippen molar-refractivity contribution >= 4 is 33.1 Å². The van der Waals surface area contributed by atoms with E-state index < -0.39 is 21.9 Å². The largest absolute Gasteiger partial charge is 0.323 e. The minimum atomic E-state index is -3.90. The monoisotopic (exact) mass is 399 g/mol. The van der Waals surface area contributed by atoms with Crippen LogP contribution >= 0.6 is 0 Å². The minimum absolute atomic E-state index is 0.0194. The van der Waals surface area contributed by atoms with Crippen molar-refractivity contribution in [1.82, 2.24) is 0 Å². The predicted octanol–water partition coefficient (Wildman–Crippen LogP) is 4.58. The molecule has 0 aliphatic rings. The molecule has 8 heteroatoms. The van der Waals surface area contributed by atoms with Gasteiger partial charge >= 0.3 is 6.03 Å². The van der Waals surface area contributed by atoms with Crippen LogP contribution in [0.4, 0.5) is 26.2 Å². The molecular weight excluding hydrogens is 381 g/mol. The van der Waals surface area contributed by atoms with Crippen LogP contribution in [-0.2, 0) is 10.0 Å². The van der Waals surface area contributed by atoms with E-state index in [-0.39, 0.29) is 10.6 Å². The summed E-state index contributed by atoms with van der Waals surface area (Å²) < 4.78 is 40.8. The highest BCUT2D eigenvalue weighted by Crippen LogP contribution is 2.22. The van der Waals surface area contributed by atoms with Gasteiger partial charge < -0.3 is 10.6 Å². The van der Waals surface area contributed by atoms with Gasteiger partial charge in [0.1, 0.15) is 5.82 Å². The van der Waals surface area contributed by atoms with E-state index >= 15 is 0 Å². The van der Waals surface area contributed by atoms with E-state index in [1.165, 1.54) is 19.1 Å². The van der Waals surface area contributed by atoms with Crippen LogP contribution in [0.25, 0.3) is 0 Å². The highest BCUT2D eigenvalue weighted by atomic mass is 32.2. The number of anilines is 3. The van der Waals surface area contributed by atoms with Gasteiger partial charge in [0, 0.05) is 11.4 Å². The molecule has 0 heterocycles. The standard InChI is InChI=1S/C20H18FN3O3S/c1-14-12-15(21)10-11-19(14)28(26,27)24-18-9-5-8-17(13-18)23-20(25)22-16-6-3-2-4-7-16/h2-13,24H,1H3,(H2,22,23,25). The van der Waals surface area contributed by atoms with E-state index in [4.69, 9.17) is 0 Å². The Kier molecular flexibility index (Phi) is 5.60. The lowest BCUT2D eigenvalue weighted by Gasteiger charge is -2.12. The van der Waals surface area contributed by atoms with E-state index in [0.29, 0.717) is 16.9 Å². The van der Waals surface area contributed by atoms with Crippen LogP contribution in [0, 0.1) is 12.7 Å². The third kappa shape index (κ3) is 4.86. The third-order valence-electron chi connectivity index (χ3n) is 3.83. The Hall–Kier alpha value is -3.39. The summed E-state index contributed by atoms with van der Waals surface area (Å²) in [6, 6.07) is 18.2. The van der Waals surface area contributed by atoms with Crippen molar-refractivity contribution in [2.24, 2.45) is 0 Å². The minimum Gasteiger partial charge on any atom is -0.308 e. The van der Waals surface area contributed by atoms with E-state index in [9.17, 15) is 17.6 Å². The van der Waals surface area contributed by atoms with Crippen LogP contribution < -0.4 is 15.4 Å². The third-order valence-corrected chi connectivity index (χ3v) is 5.37. The van der Waals surface area contributed by atoms with Crippen molar-refractivity contribution < 1.29 is 17.6 Å². The quantitative estimate of drug-likeness (QED) is 0.587. The molecule has 6 nitrogen and oxygen atoms in total. The number of para-hydroxylation sites is 1. The van der Waals surface area contributed by atoms with Crippen molar-refractivity contribution in [1.29, 1.82) is 0 Å². The molecule has 2 amide bonds. The van der Waals surface area contributed by atoms with E-state index in [1.54, 1.807) is 42.5 Å². The van der Waals surface area contributed by atoms with Crippen LogP contribution in [0.3, 0.4) is 0 Å². The lowest BCUT2D eigenvalue weighted by molar-refractivity contribution is 0.262. The maximum atomic E-state index is 13.2. The van der Waals surface area contributed by atoms with Crippen LogP contribution in [0.15, 0.2) is 77.7 Å². The molecule has 0 saturated heterocycles. The molecule has 0 radical (unpaired) electrons. The van der Waals surface area contributed by atoms with Gasteiger partial charge in [0.05, 0.1) is 10.6 Å². The smallest absolute Gasteiger partial charge is 0.308 e. The molecule has 0 unspecified atom stereocenters. The molecule has 144 valence electrons. The number of benzene rings is 3. The zero-order valence-corrected chi connectivity index (χ0v) is 15.8. The summed E-state index contributed by atoms with van der Waals surface area (Å²) in [5, 5.41) is 5.31. The zero-order chi connectivity index (χ0) is 20.1. The van der Waals surface area contributed by atoms with Gasteiger partial charge in [-0.3, -0.25) is 4.72 Å². The van der Waals surface area contributed by atoms with Crippen LogP contribution in [0.2, 0.25) is 0 Å². The number of carbonyl (C=O) groups excluding carboxylic acids is 1. The van der Waals surface area contributed by atoms with Gasteiger partial charge in [0.25, 0.3) is 10.0 Å². The second-order valence-electron chi connectivity index (χ2n) is 6.04. The fourth-order valence-corrected chi connectivity index (χ4v) is 3.88. The first-order valence-corrected chi connectivity index (χ1v) is 9.84. The highest BCUT2D eigenvalue weighted by Gasteiger charge is 2.17. The van der Waals surface area contributed by atoms with E-state index in [0.717, 1.165) is 12.1 Å². The first-order chi connectivity index (χ1) is 13.3. The van der Waals surface area contributed by atoms with Crippen LogP contribution in [0.5, 0.6) is 0 Å². The molecule has 0 saturated carbocycles. The number of rotatable bonds is 5. The number of nitrogens with one attached hydrogen (secondary N) is 3. The maximum absolute atomic E-state index is 13.2. The van der Waals surface area contributed by atoms with Gasteiger partial charge in [0.15, 0.2) is 0 Å². The summed E-state index contributed by atoms with van der Waals surface area (Å²) >= 11 is 0. The molecule has 0 spiro atoms. The second-order valence-corrected chi connectivity index (χ2v) is 7.69. The normalized spacial score (nSPS) is 10.9. The Morgan fingerprint density at radius 2 is 1.46 bits per heavy atom. The number of halogens is 1. The molecule has 0 aromatic heterocycles. The number of aryl methyl sites for hydroxylation is 1. The van der Waals surface area contributed by atoms with Gasteiger partial charge in [0.2, 0.25) is 0 Å². The molecule has 3 N–H and O–H groups in total. The zero-order valence-electron chi connectivity index (χ0n) is 14.9. The van der Waals surface area contributed by atoms with Gasteiger partial charge in [-0.2, -0.15) is 0 Å². The van der Waals surface area contributed by atoms with Gasteiger partial charge in [-0.1, -0.05) is 24.3 Å². The van der Waals surface area contributed by atoms with Gasteiger partial charge in [-0.05, 0) is 61.0 Å². The Morgan fingerprint density at radius 3 is 2.18 bits per heavy atom. The number of carbonyl (C=O) groups is 1. The lowest BCUT2D eigenvalue weighted by Crippen LogP contribution is -2.19. The summed E-state index contributed by atoms with van der Waals surface area (Å²) in [7, 11) is -3.90. The van der Waals surface area contributed by atoms with Crippen molar-refractivity contribution in [3.63, 3.8) is 0 Å². The first-order valence-electron chi connectivity index (χ1n) is 8.35. The molecule has 0 bridgehead atoms. The summed E-state index contributed by atoms with van der Waals surface area (Å²) in [6.45, 7) is 1.52. The number of hydrogen-bond donors (Lipinski definition) is 3.